The van der Waals surface area contributed by atoms with Crippen LogP contribution in [0.25, 0.3) is 0 Å². The second-order valence-corrected chi connectivity index (χ2v) is 4.29. The Balaban J connectivity index is 2.22. The van der Waals surface area contributed by atoms with Crippen LogP contribution in [0.1, 0.15) is 24.8 Å². The van der Waals surface area contributed by atoms with Gasteiger partial charge in [-0.2, -0.15) is 0 Å². The zero-order chi connectivity index (χ0) is 10.2. The Morgan fingerprint density at radius 2 is 1.93 bits per heavy atom. The smallest absolute Gasteiger partial charge is 0.304 e. The van der Waals surface area contributed by atoms with E-state index in [9.17, 15) is 4.79 Å². The van der Waals surface area contributed by atoms with Gasteiger partial charge in [0.25, 0.3) is 0 Å². The first-order chi connectivity index (χ1) is 6.62. The third-order valence-electron chi connectivity index (χ3n) is 2.80. The van der Waals surface area contributed by atoms with Crippen LogP contribution in [-0.4, -0.2) is 11.1 Å². The molecule has 0 aliphatic heterocycles. The van der Waals surface area contributed by atoms with E-state index in [0.29, 0.717) is 5.02 Å². The van der Waals surface area contributed by atoms with E-state index in [1.807, 2.05) is 24.3 Å². The van der Waals surface area contributed by atoms with Gasteiger partial charge in [0.15, 0.2) is 0 Å². The zero-order valence-electron chi connectivity index (χ0n) is 7.66. The molecule has 0 spiro atoms. The number of rotatable bonds is 3. The standard InChI is InChI=1S/C11H11ClO2/c12-9-3-1-8(2-4-9)11(5-6-11)7-10(13)14/h1-4H,5-7H2,(H,13,14). The monoisotopic (exact) mass is 210 g/mol. The van der Waals surface area contributed by atoms with Crippen LogP contribution >= 0.6 is 11.6 Å². The van der Waals surface area contributed by atoms with Crippen molar-refractivity contribution in [3.8, 4) is 0 Å². The topological polar surface area (TPSA) is 37.3 Å². The summed E-state index contributed by atoms with van der Waals surface area (Å²) in [5.41, 5.74) is 1.00. The molecule has 14 heavy (non-hydrogen) atoms. The summed E-state index contributed by atoms with van der Waals surface area (Å²) in [5, 5.41) is 9.47. The second-order valence-electron chi connectivity index (χ2n) is 3.86. The summed E-state index contributed by atoms with van der Waals surface area (Å²) in [5.74, 6) is -0.725. The van der Waals surface area contributed by atoms with Gasteiger partial charge in [-0.25, -0.2) is 0 Å². The lowest BCUT2D eigenvalue weighted by Crippen LogP contribution is -2.12. The molecule has 1 N–H and O–H groups in total. The Hall–Kier alpha value is -1.02. The Morgan fingerprint density at radius 3 is 2.36 bits per heavy atom. The number of halogens is 1. The Bertz CT molecular complexity index is 352. The average molecular weight is 211 g/mol. The molecule has 1 aromatic rings. The van der Waals surface area contributed by atoms with Crippen molar-refractivity contribution in [1.82, 2.24) is 0 Å². The van der Waals surface area contributed by atoms with Gasteiger partial charge < -0.3 is 5.11 Å². The molecule has 2 nitrogen and oxygen atoms in total. The lowest BCUT2D eigenvalue weighted by Gasteiger charge is -2.12. The van der Waals surface area contributed by atoms with E-state index in [1.54, 1.807) is 0 Å². The van der Waals surface area contributed by atoms with Gasteiger partial charge in [-0.3, -0.25) is 4.79 Å². The molecule has 2 rings (SSSR count). The largest absolute Gasteiger partial charge is 0.481 e. The number of benzene rings is 1. The fraction of sp³-hybridized carbons (Fsp3) is 0.364. The number of hydrogen-bond donors (Lipinski definition) is 1. The van der Waals surface area contributed by atoms with Gasteiger partial charge in [-0.05, 0) is 30.5 Å². The molecule has 0 aromatic heterocycles. The Morgan fingerprint density at radius 1 is 1.36 bits per heavy atom. The minimum atomic E-state index is -0.725. The zero-order valence-corrected chi connectivity index (χ0v) is 8.42. The van der Waals surface area contributed by atoms with Gasteiger partial charge in [0.2, 0.25) is 0 Å². The maximum atomic E-state index is 10.7. The van der Waals surface area contributed by atoms with Crippen LogP contribution < -0.4 is 0 Å². The summed E-state index contributed by atoms with van der Waals surface area (Å²) in [4.78, 5) is 10.7. The highest BCUT2D eigenvalue weighted by atomic mass is 35.5. The maximum absolute atomic E-state index is 10.7. The van der Waals surface area contributed by atoms with Crippen molar-refractivity contribution in [3.05, 3.63) is 34.9 Å². The first-order valence-electron chi connectivity index (χ1n) is 4.60. The Labute approximate surface area is 87.5 Å². The van der Waals surface area contributed by atoms with Crippen LogP contribution in [0.4, 0.5) is 0 Å². The number of hydrogen-bond acceptors (Lipinski definition) is 1. The molecule has 0 heterocycles. The quantitative estimate of drug-likeness (QED) is 0.833. The van der Waals surface area contributed by atoms with Crippen LogP contribution in [0.15, 0.2) is 24.3 Å². The highest BCUT2D eigenvalue weighted by molar-refractivity contribution is 6.30. The fourth-order valence-corrected chi connectivity index (χ4v) is 1.94. The van der Waals surface area contributed by atoms with Gasteiger partial charge in [-0.1, -0.05) is 23.7 Å². The number of aliphatic carboxylic acids is 1. The molecule has 0 amide bonds. The summed E-state index contributed by atoms with van der Waals surface area (Å²) in [6.07, 6.45) is 2.18. The first kappa shape index (κ1) is 9.53. The number of carbonyl (C=O) groups is 1. The van der Waals surface area contributed by atoms with E-state index in [-0.39, 0.29) is 11.8 Å². The van der Waals surface area contributed by atoms with Crippen LogP contribution in [0.2, 0.25) is 5.02 Å². The summed E-state index contributed by atoms with van der Waals surface area (Å²) >= 11 is 5.77. The first-order valence-corrected chi connectivity index (χ1v) is 4.98. The van der Waals surface area contributed by atoms with Crippen LogP contribution in [-0.2, 0) is 10.2 Å². The number of carboxylic acids is 1. The molecule has 0 atom stereocenters. The van der Waals surface area contributed by atoms with Crippen molar-refractivity contribution < 1.29 is 9.90 Å². The second kappa shape index (κ2) is 3.28. The number of carboxylic acid groups (broad SMARTS) is 1. The van der Waals surface area contributed by atoms with Crippen LogP contribution in [0.5, 0.6) is 0 Å². The highest BCUT2D eigenvalue weighted by Crippen LogP contribution is 2.51. The van der Waals surface area contributed by atoms with Gasteiger partial charge in [0, 0.05) is 10.4 Å². The molecule has 1 saturated carbocycles. The fourth-order valence-electron chi connectivity index (χ4n) is 1.81. The molecule has 0 bridgehead atoms. The third kappa shape index (κ3) is 1.75. The summed E-state index contributed by atoms with van der Waals surface area (Å²) in [6.45, 7) is 0. The minimum Gasteiger partial charge on any atom is -0.481 e. The van der Waals surface area contributed by atoms with Gasteiger partial charge in [0.1, 0.15) is 0 Å². The highest BCUT2D eigenvalue weighted by Gasteiger charge is 2.45. The van der Waals surface area contributed by atoms with Crippen molar-refractivity contribution in [2.24, 2.45) is 0 Å². The average Bonchev–Trinajstić information content (AvgIpc) is 2.85. The molecule has 1 aliphatic rings. The molecule has 0 unspecified atom stereocenters. The maximum Gasteiger partial charge on any atom is 0.304 e. The van der Waals surface area contributed by atoms with Crippen molar-refractivity contribution >= 4 is 17.6 Å². The molecular formula is C11H11ClO2. The predicted octanol–water partition coefficient (Wildman–Crippen LogP) is 2.85. The molecule has 1 aliphatic carbocycles. The van der Waals surface area contributed by atoms with Gasteiger partial charge in [-0.15, -0.1) is 0 Å². The molecule has 1 fully saturated rings. The van der Waals surface area contributed by atoms with E-state index in [1.165, 1.54) is 0 Å². The van der Waals surface area contributed by atoms with Crippen LogP contribution in [0.3, 0.4) is 0 Å². The van der Waals surface area contributed by atoms with Crippen molar-refractivity contribution in [3.63, 3.8) is 0 Å². The molecule has 0 saturated heterocycles. The molecule has 3 heteroatoms. The van der Waals surface area contributed by atoms with Crippen molar-refractivity contribution in [2.45, 2.75) is 24.7 Å². The van der Waals surface area contributed by atoms with E-state index in [4.69, 9.17) is 16.7 Å². The molecular weight excluding hydrogens is 200 g/mol. The van der Waals surface area contributed by atoms with Crippen molar-refractivity contribution in [2.75, 3.05) is 0 Å². The molecule has 0 radical (unpaired) electrons. The lowest BCUT2D eigenvalue weighted by molar-refractivity contribution is -0.137. The summed E-state index contributed by atoms with van der Waals surface area (Å²) < 4.78 is 0. The van der Waals surface area contributed by atoms with Crippen LogP contribution in [0, 0.1) is 0 Å². The molecule has 1 aromatic carbocycles. The summed E-state index contributed by atoms with van der Waals surface area (Å²) in [7, 11) is 0. The van der Waals surface area contributed by atoms with Gasteiger partial charge >= 0.3 is 5.97 Å². The van der Waals surface area contributed by atoms with Crippen molar-refractivity contribution in [1.29, 1.82) is 0 Å². The van der Waals surface area contributed by atoms with E-state index >= 15 is 0 Å². The Kier molecular flexibility index (Phi) is 2.23. The van der Waals surface area contributed by atoms with E-state index in [2.05, 4.69) is 0 Å². The molecule has 74 valence electrons. The summed E-state index contributed by atoms with van der Waals surface area (Å²) in [6, 6.07) is 7.49. The SMILES string of the molecule is O=C(O)CC1(c2ccc(Cl)cc2)CC1. The minimum absolute atomic E-state index is 0.101. The normalized spacial score (nSPS) is 17.8. The third-order valence-corrected chi connectivity index (χ3v) is 3.05. The van der Waals surface area contributed by atoms with E-state index < -0.39 is 5.97 Å². The van der Waals surface area contributed by atoms with E-state index in [0.717, 1.165) is 18.4 Å². The van der Waals surface area contributed by atoms with Gasteiger partial charge in [0.05, 0.1) is 6.42 Å². The lowest BCUT2D eigenvalue weighted by atomic mass is 9.93. The predicted molar refractivity (Wildman–Crippen MR) is 54.6 cm³/mol.